The summed E-state index contributed by atoms with van der Waals surface area (Å²) >= 11 is 0. The number of aromatic nitrogens is 5. The van der Waals surface area contributed by atoms with Crippen LogP contribution in [0.5, 0.6) is 0 Å². The van der Waals surface area contributed by atoms with Crippen molar-refractivity contribution in [3.05, 3.63) is 54.1 Å². The number of morpholine rings is 1. The van der Waals surface area contributed by atoms with Crippen molar-refractivity contribution in [1.29, 1.82) is 0 Å². The quantitative estimate of drug-likeness (QED) is 0.393. The Bertz CT molecular complexity index is 1460. The predicted molar refractivity (Wildman–Crippen MR) is 150 cm³/mol. The molecule has 0 saturated carbocycles. The van der Waals surface area contributed by atoms with Gasteiger partial charge in [0.05, 0.1) is 19.3 Å². The van der Waals surface area contributed by atoms with Gasteiger partial charge in [-0.05, 0) is 50.2 Å². The van der Waals surface area contributed by atoms with E-state index in [4.69, 9.17) is 14.7 Å². The first kappa shape index (κ1) is 25.4. The lowest BCUT2D eigenvalue weighted by molar-refractivity contribution is 0.0664. The van der Waals surface area contributed by atoms with Gasteiger partial charge in [-0.3, -0.25) is 4.79 Å². The Kier molecular flexibility index (Phi) is 6.97. The number of likely N-dealkylation sites (N-methyl/N-ethyl adjacent to an activating group) is 1. The molecule has 10 heteroatoms. The molecular weight excluding hydrogens is 492 g/mol. The molecule has 6 rings (SSSR count). The van der Waals surface area contributed by atoms with Gasteiger partial charge in [0.1, 0.15) is 0 Å². The van der Waals surface area contributed by atoms with E-state index in [1.54, 1.807) is 0 Å². The van der Waals surface area contributed by atoms with Gasteiger partial charge in [0.2, 0.25) is 0 Å². The number of carbonyl (C=O) groups is 1. The fraction of sp³-hybridized carbons (Fsp3) is 0.414. The highest BCUT2D eigenvalue weighted by Gasteiger charge is 2.26. The van der Waals surface area contributed by atoms with Crippen LogP contribution < -0.4 is 4.90 Å². The number of ether oxygens (including phenoxy) is 1. The summed E-state index contributed by atoms with van der Waals surface area (Å²) in [6, 6.07) is 17.3. The molecule has 2 fully saturated rings. The van der Waals surface area contributed by atoms with Crippen LogP contribution in [0.25, 0.3) is 33.7 Å². The molecule has 4 heterocycles. The minimum atomic E-state index is 0.0451. The van der Waals surface area contributed by atoms with Crippen LogP contribution in [0.1, 0.15) is 24.2 Å². The number of amides is 1. The lowest BCUT2D eigenvalue weighted by Gasteiger charge is -2.34. The zero-order chi connectivity index (χ0) is 26.9. The van der Waals surface area contributed by atoms with Crippen molar-refractivity contribution in [2.75, 3.05) is 57.9 Å². The lowest BCUT2D eigenvalue weighted by atomic mass is 10.0. The van der Waals surface area contributed by atoms with Gasteiger partial charge in [-0.25, -0.2) is 14.6 Å². The number of fused-ring (bicyclic) bond motifs is 1. The fourth-order valence-electron chi connectivity index (χ4n) is 5.16. The SMILES string of the molecule is CCn1nnc2c(N3CCOC[C@@H]3C)nc(-c3ccc(-c4c[c]c(C(=O)N5CCN(C)CC5)cc4)cc3)nc21. The van der Waals surface area contributed by atoms with Gasteiger partial charge in [-0.1, -0.05) is 35.5 Å². The molecule has 39 heavy (non-hydrogen) atoms. The molecule has 0 spiro atoms. The fourth-order valence-corrected chi connectivity index (χ4v) is 5.16. The molecule has 1 radical (unpaired) electrons. The Morgan fingerprint density at radius 1 is 1.00 bits per heavy atom. The third-order valence-electron chi connectivity index (χ3n) is 7.59. The van der Waals surface area contributed by atoms with Gasteiger partial charge in [0, 0.05) is 50.4 Å². The minimum Gasteiger partial charge on any atom is -0.377 e. The van der Waals surface area contributed by atoms with Gasteiger partial charge >= 0.3 is 0 Å². The molecule has 201 valence electrons. The number of aryl methyl sites for hydroxylation is 1. The average Bonchev–Trinajstić information content (AvgIpc) is 3.40. The molecule has 0 bridgehead atoms. The summed E-state index contributed by atoms with van der Waals surface area (Å²) in [7, 11) is 2.08. The smallest absolute Gasteiger partial charge is 0.254 e. The second-order valence-corrected chi connectivity index (χ2v) is 10.2. The number of piperazine rings is 1. The van der Waals surface area contributed by atoms with Crippen molar-refractivity contribution < 1.29 is 9.53 Å². The van der Waals surface area contributed by atoms with Crippen LogP contribution in [-0.2, 0) is 11.3 Å². The highest BCUT2D eigenvalue weighted by molar-refractivity contribution is 5.94. The molecule has 2 aliphatic heterocycles. The first-order valence-corrected chi connectivity index (χ1v) is 13.6. The summed E-state index contributed by atoms with van der Waals surface area (Å²) in [6.07, 6.45) is 0. The van der Waals surface area contributed by atoms with Crippen molar-refractivity contribution in [3.63, 3.8) is 0 Å². The molecule has 2 saturated heterocycles. The summed E-state index contributed by atoms with van der Waals surface area (Å²) in [5.41, 5.74) is 5.01. The predicted octanol–water partition coefficient (Wildman–Crippen LogP) is 2.99. The maximum atomic E-state index is 12.9. The number of rotatable bonds is 5. The largest absolute Gasteiger partial charge is 0.377 e. The van der Waals surface area contributed by atoms with Crippen LogP contribution in [0, 0.1) is 6.07 Å². The highest BCUT2D eigenvalue weighted by atomic mass is 16.5. The van der Waals surface area contributed by atoms with Crippen LogP contribution in [-0.4, -0.2) is 99.7 Å². The Morgan fingerprint density at radius 3 is 2.44 bits per heavy atom. The van der Waals surface area contributed by atoms with E-state index >= 15 is 0 Å². The Labute approximate surface area is 228 Å². The number of nitrogens with zero attached hydrogens (tertiary/aromatic N) is 8. The van der Waals surface area contributed by atoms with Crippen molar-refractivity contribution >= 4 is 22.9 Å². The molecule has 0 N–H and O–H groups in total. The third-order valence-corrected chi connectivity index (χ3v) is 7.59. The minimum absolute atomic E-state index is 0.0451. The average molecular weight is 526 g/mol. The summed E-state index contributed by atoms with van der Waals surface area (Å²) < 4.78 is 7.46. The van der Waals surface area contributed by atoms with Crippen LogP contribution >= 0.6 is 0 Å². The monoisotopic (exact) mass is 525 g/mol. The molecule has 2 aromatic carbocycles. The molecule has 1 amide bonds. The van der Waals surface area contributed by atoms with Crippen molar-refractivity contribution in [2.45, 2.75) is 26.4 Å². The van der Waals surface area contributed by atoms with Gasteiger partial charge in [-0.15, -0.1) is 5.10 Å². The van der Waals surface area contributed by atoms with Gasteiger partial charge in [0.25, 0.3) is 5.91 Å². The lowest BCUT2D eigenvalue weighted by Crippen LogP contribution is -2.47. The zero-order valence-electron chi connectivity index (χ0n) is 22.7. The maximum absolute atomic E-state index is 12.9. The molecule has 0 aliphatic carbocycles. The molecule has 2 aliphatic rings. The topological polar surface area (TPSA) is 92.5 Å². The molecule has 10 nitrogen and oxygen atoms in total. The van der Waals surface area contributed by atoms with E-state index in [1.807, 2.05) is 46.8 Å². The molecule has 1 atom stereocenters. The number of hydrogen-bond donors (Lipinski definition) is 0. The molecule has 0 unspecified atom stereocenters. The maximum Gasteiger partial charge on any atom is 0.254 e. The number of benzene rings is 2. The Morgan fingerprint density at radius 2 is 1.74 bits per heavy atom. The van der Waals surface area contributed by atoms with Crippen LogP contribution in [0.2, 0.25) is 0 Å². The van der Waals surface area contributed by atoms with Gasteiger partial charge < -0.3 is 19.4 Å². The van der Waals surface area contributed by atoms with E-state index in [0.29, 0.717) is 36.7 Å². The second-order valence-electron chi connectivity index (χ2n) is 10.2. The zero-order valence-corrected chi connectivity index (χ0v) is 22.7. The van der Waals surface area contributed by atoms with Crippen LogP contribution in [0.15, 0.2) is 42.5 Å². The van der Waals surface area contributed by atoms with Crippen LogP contribution in [0.4, 0.5) is 5.82 Å². The summed E-state index contributed by atoms with van der Waals surface area (Å²) in [5.74, 6) is 1.48. The normalized spacial score (nSPS) is 18.6. The molecular formula is C29H33N8O2. The molecule has 2 aromatic heterocycles. The van der Waals surface area contributed by atoms with Crippen molar-refractivity contribution in [1.82, 2.24) is 34.8 Å². The number of carbonyl (C=O) groups excluding carboxylic acids is 1. The second kappa shape index (κ2) is 10.7. The van der Waals surface area contributed by atoms with E-state index in [-0.39, 0.29) is 11.9 Å². The van der Waals surface area contributed by atoms with E-state index in [9.17, 15) is 4.79 Å². The van der Waals surface area contributed by atoms with Crippen molar-refractivity contribution in [2.24, 2.45) is 0 Å². The first-order chi connectivity index (χ1) is 19.0. The third kappa shape index (κ3) is 4.97. The van der Waals surface area contributed by atoms with E-state index < -0.39 is 0 Å². The molecule has 4 aromatic rings. The number of anilines is 1. The van der Waals surface area contributed by atoms with Crippen molar-refractivity contribution in [3.8, 4) is 22.5 Å². The van der Waals surface area contributed by atoms with Gasteiger partial charge in [-0.2, -0.15) is 0 Å². The Balaban J connectivity index is 1.26. The summed E-state index contributed by atoms with van der Waals surface area (Å²) in [6.45, 7) is 10.2. The highest BCUT2D eigenvalue weighted by Crippen LogP contribution is 2.30. The van der Waals surface area contributed by atoms with E-state index in [0.717, 1.165) is 60.9 Å². The van der Waals surface area contributed by atoms with E-state index in [1.165, 1.54) is 0 Å². The summed E-state index contributed by atoms with van der Waals surface area (Å²) in [4.78, 5) is 29.1. The van der Waals surface area contributed by atoms with Gasteiger partial charge in [0.15, 0.2) is 22.8 Å². The van der Waals surface area contributed by atoms with Crippen LogP contribution in [0.3, 0.4) is 0 Å². The standard InChI is InChI=1S/C29H33N8O2/c1-4-37-28-25(32-33-37)27(36-17-18-39-19-20(36)2)30-26(31-28)23-9-5-21(6-10-23)22-7-11-24(12-8-22)29(38)35-15-13-34(3)14-16-35/h5-11,20H,4,13-19H2,1-3H3/t20-/m0/s1. The van der Waals surface area contributed by atoms with E-state index in [2.05, 4.69) is 52.3 Å². The number of hydrogen-bond acceptors (Lipinski definition) is 8. The Hall–Kier alpha value is -3.89. The summed E-state index contributed by atoms with van der Waals surface area (Å²) in [5, 5.41) is 8.72. The first-order valence-electron chi connectivity index (χ1n) is 13.6.